The minimum atomic E-state index is -0.243. The van der Waals surface area contributed by atoms with Crippen molar-refractivity contribution in [2.24, 2.45) is 0 Å². The average Bonchev–Trinajstić information content (AvgIpc) is 3.25. The molecule has 1 aromatic heterocycles. The molecular formula is C24H21N3O3. The standard InChI is InChI=1S/C24H21N3O3/c1-16-12-13-20(17(2)14-16)25-22(28)15-29-21-11-7-6-10-19(21)24-26-23(27-30-24)18-8-4-3-5-9-18/h3-14H,15H2,1-2H3,(H,25,28). The fourth-order valence-corrected chi connectivity index (χ4v) is 3.09. The van der Waals surface area contributed by atoms with E-state index in [-0.39, 0.29) is 12.5 Å². The SMILES string of the molecule is Cc1ccc(NC(=O)COc2ccccc2-c2nc(-c3ccccc3)no2)c(C)c1. The van der Waals surface area contributed by atoms with Crippen molar-refractivity contribution < 1.29 is 14.1 Å². The van der Waals surface area contributed by atoms with Crippen LogP contribution in [0.15, 0.2) is 77.3 Å². The fraction of sp³-hybridized carbons (Fsp3) is 0.125. The van der Waals surface area contributed by atoms with Crippen LogP contribution >= 0.6 is 0 Å². The number of nitrogens with one attached hydrogen (secondary N) is 1. The van der Waals surface area contributed by atoms with Crippen LogP contribution in [0.4, 0.5) is 5.69 Å². The maximum Gasteiger partial charge on any atom is 0.262 e. The number of hydrogen-bond acceptors (Lipinski definition) is 5. The molecule has 0 spiro atoms. The molecule has 0 aliphatic carbocycles. The monoisotopic (exact) mass is 399 g/mol. The molecule has 0 aliphatic heterocycles. The summed E-state index contributed by atoms with van der Waals surface area (Å²) in [5.74, 6) is 1.08. The highest BCUT2D eigenvalue weighted by molar-refractivity contribution is 5.92. The number of aryl methyl sites for hydroxylation is 2. The lowest BCUT2D eigenvalue weighted by molar-refractivity contribution is -0.118. The summed E-state index contributed by atoms with van der Waals surface area (Å²) in [7, 11) is 0. The van der Waals surface area contributed by atoms with Gasteiger partial charge in [-0.2, -0.15) is 4.98 Å². The zero-order valence-electron chi connectivity index (χ0n) is 16.8. The summed E-state index contributed by atoms with van der Waals surface area (Å²) in [6.07, 6.45) is 0. The van der Waals surface area contributed by atoms with Crippen LogP contribution in [0.25, 0.3) is 22.8 Å². The summed E-state index contributed by atoms with van der Waals surface area (Å²) >= 11 is 0. The average molecular weight is 399 g/mol. The quantitative estimate of drug-likeness (QED) is 0.492. The summed E-state index contributed by atoms with van der Waals surface area (Å²) < 4.78 is 11.2. The third kappa shape index (κ3) is 4.38. The molecule has 6 nitrogen and oxygen atoms in total. The highest BCUT2D eigenvalue weighted by Gasteiger charge is 2.16. The normalized spacial score (nSPS) is 10.6. The van der Waals surface area contributed by atoms with Gasteiger partial charge in [-0.15, -0.1) is 0 Å². The molecule has 0 radical (unpaired) electrons. The largest absolute Gasteiger partial charge is 0.483 e. The molecule has 0 atom stereocenters. The van der Waals surface area contributed by atoms with Gasteiger partial charge in [0.1, 0.15) is 5.75 Å². The second kappa shape index (κ2) is 8.61. The number of carbonyl (C=O) groups is 1. The third-order valence-corrected chi connectivity index (χ3v) is 4.59. The van der Waals surface area contributed by atoms with Crippen molar-refractivity contribution in [1.82, 2.24) is 10.1 Å². The predicted octanol–water partition coefficient (Wildman–Crippen LogP) is 5.04. The molecule has 0 fully saturated rings. The maximum absolute atomic E-state index is 12.4. The molecule has 1 N–H and O–H groups in total. The molecule has 1 amide bonds. The summed E-state index contributed by atoms with van der Waals surface area (Å²) in [6.45, 7) is 3.84. The Hall–Kier alpha value is -3.93. The van der Waals surface area contributed by atoms with Crippen LogP contribution in [-0.2, 0) is 4.79 Å². The van der Waals surface area contributed by atoms with E-state index in [0.717, 1.165) is 22.4 Å². The molecule has 1 heterocycles. The van der Waals surface area contributed by atoms with Gasteiger partial charge < -0.3 is 14.6 Å². The van der Waals surface area contributed by atoms with Crippen LogP contribution in [0.2, 0.25) is 0 Å². The van der Waals surface area contributed by atoms with Crippen LogP contribution in [-0.4, -0.2) is 22.7 Å². The molecule has 0 bridgehead atoms. The van der Waals surface area contributed by atoms with Crippen molar-refractivity contribution in [2.45, 2.75) is 13.8 Å². The summed E-state index contributed by atoms with van der Waals surface area (Å²) in [4.78, 5) is 16.8. The Labute approximate surface area is 174 Å². The molecule has 3 aromatic carbocycles. The minimum absolute atomic E-state index is 0.135. The van der Waals surface area contributed by atoms with Gasteiger partial charge in [-0.25, -0.2) is 0 Å². The van der Waals surface area contributed by atoms with Crippen molar-refractivity contribution in [1.29, 1.82) is 0 Å². The lowest BCUT2D eigenvalue weighted by atomic mass is 10.1. The van der Waals surface area contributed by atoms with Crippen LogP contribution < -0.4 is 10.1 Å². The zero-order valence-corrected chi connectivity index (χ0v) is 16.8. The smallest absolute Gasteiger partial charge is 0.262 e. The van der Waals surface area contributed by atoms with Gasteiger partial charge in [0.15, 0.2) is 6.61 Å². The second-order valence-corrected chi connectivity index (χ2v) is 6.94. The molecule has 0 aliphatic rings. The van der Waals surface area contributed by atoms with Gasteiger partial charge in [0, 0.05) is 11.3 Å². The summed E-state index contributed by atoms with van der Waals surface area (Å²) in [6, 6.07) is 22.7. The Kier molecular flexibility index (Phi) is 5.57. The van der Waals surface area contributed by atoms with Crippen molar-refractivity contribution in [3.63, 3.8) is 0 Å². The van der Waals surface area contributed by atoms with Gasteiger partial charge in [-0.3, -0.25) is 4.79 Å². The molecule has 150 valence electrons. The first-order valence-electron chi connectivity index (χ1n) is 9.58. The van der Waals surface area contributed by atoms with E-state index in [2.05, 4.69) is 15.5 Å². The number of aromatic nitrogens is 2. The van der Waals surface area contributed by atoms with Gasteiger partial charge in [-0.05, 0) is 37.6 Å². The molecule has 0 saturated carbocycles. The van der Waals surface area contributed by atoms with Crippen LogP contribution in [0.1, 0.15) is 11.1 Å². The van der Waals surface area contributed by atoms with Crippen LogP contribution in [0.5, 0.6) is 5.75 Å². The van der Waals surface area contributed by atoms with Crippen molar-refractivity contribution in [2.75, 3.05) is 11.9 Å². The van der Waals surface area contributed by atoms with E-state index in [4.69, 9.17) is 9.26 Å². The van der Waals surface area contributed by atoms with Gasteiger partial charge in [0.05, 0.1) is 5.56 Å². The molecule has 4 rings (SSSR count). The number of carbonyl (C=O) groups excluding carboxylic acids is 1. The topological polar surface area (TPSA) is 77.2 Å². The van der Waals surface area contributed by atoms with Gasteiger partial charge in [0.25, 0.3) is 11.8 Å². The Balaban J connectivity index is 1.47. The second-order valence-electron chi connectivity index (χ2n) is 6.94. The molecule has 6 heteroatoms. The van der Waals surface area contributed by atoms with Crippen molar-refractivity contribution in [3.8, 4) is 28.6 Å². The fourth-order valence-electron chi connectivity index (χ4n) is 3.09. The Morgan fingerprint density at radius 2 is 1.77 bits per heavy atom. The predicted molar refractivity (Wildman–Crippen MR) is 115 cm³/mol. The number of amides is 1. The number of ether oxygens (including phenoxy) is 1. The van der Waals surface area contributed by atoms with Crippen LogP contribution in [0, 0.1) is 13.8 Å². The Bertz CT molecular complexity index is 1170. The van der Waals surface area contributed by atoms with E-state index in [9.17, 15) is 4.79 Å². The number of nitrogens with zero attached hydrogens (tertiary/aromatic N) is 2. The number of rotatable bonds is 6. The third-order valence-electron chi connectivity index (χ3n) is 4.59. The van der Waals surface area contributed by atoms with E-state index >= 15 is 0 Å². The van der Waals surface area contributed by atoms with Crippen molar-refractivity contribution >= 4 is 11.6 Å². The lowest BCUT2D eigenvalue weighted by Gasteiger charge is -2.11. The molecule has 30 heavy (non-hydrogen) atoms. The zero-order chi connectivity index (χ0) is 20.9. The number of para-hydroxylation sites is 1. The number of benzene rings is 3. The highest BCUT2D eigenvalue weighted by atomic mass is 16.5. The first kappa shape index (κ1) is 19.4. The molecule has 4 aromatic rings. The van der Waals surface area contributed by atoms with Gasteiger partial charge in [0.2, 0.25) is 5.82 Å². The van der Waals surface area contributed by atoms with Crippen LogP contribution in [0.3, 0.4) is 0 Å². The minimum Gasteiger partial charge on any atom is -0.483 e. The number of anilines is 1. The summed E-state index contributed by atoms with van der Waals surface area (Å²) in [5, 5.41) is 6.93. The highest BCUT2D eigenvalue weighted by Crippen LogP contribution is 2.30. The maximum atomic E-state index is 12.4. The van der Waals surface area contributed by atoms with Crippen molar-refractivity contribution in [3.05, 3.63) is 83.9 Å². The van der Waals surface area contributed by atoms with Gasteiger partial charge in [-0.1, -0.05) is 65.3 Å². The number of hydrogen-bond donors (Lipinski definition) is 1. The van der Waals surface area contributed by atoms with E-state index in [0.29, 0.717) is 23.0 Å². The molecule has 0 unspecified atom stereocenters. The first-order valence-corrected chi connectivity index (χ1v) is 9.58. The van der Waals surface area contributed by atoms with Gasteiger partial charge >= 0.3 is 0 Å². The van der Waals surface area contributed by atoms with E-state index < -0.39 is 0 Å². The first-order chi connectivity index (χ1) is 14.6. The Morgan fingerprint density at radius 1 is 1.00 bits per heavy atom. The molecule has 0 saturated heterocycles. The Morgan fingerprint density at radius 3 is 2.57 bits per heavy atom. The van der Waals surface area contributed by atoms with E-state index in [1.54, 1.807) is 6.07 Å². The lowest BCUT2D eigenvalue weighted by Crippen LogP contribution is -2.20. The summed E-state index contributed by atoms with van der Waals surface area (Å²) in [5.41, 5.74) is 4.41. The van der Waals surface area contributed by atoms with E-state index in [1.165, 1.54) is 0 Å². The van der Waals surface area contributed by atoms with E-state index in [1.807, 2.05) is 80.6 Å². The molecular weight excluding hydrogens is 378 g/mol.